The highest BCUT2D eigenvalue weighted by Crippen LogP contribution is 2.40. The summed E-state index contributed by atoms with van der Waals surface area (Å²) in [6.45, 7) is 3.10. The SMILES string of the molecule is CC(=O)N1CCC(n2cc(-c3cnc(N)c4oc(-c5csc6cc(=O)n(C)cc56)cc34)cn2)CC1.O=C(O)C(F)(F)F. The van der Waals surface area contributed by atoms with Crippen LogP contribution in [-0.2, 0) is 16.6 Å². The van der Waals surface area contributed by atoms with Crippen LogP contribution in [0.2, 0.25) is 0 Å². The van der Waals surface area contributed by atoms with E-state index in [2.05, 4.69) is 10.1 Å². The fourth-order valence-corrected chi connectivity index (χ4v) is 5.76. The van der Waals surface area contributed by atoms with Crippen molar-refractivity contribution in [2.75, 3.05) is 18.8 Å². The molecule has 1 aliphatic heterocycles. The molecular formula is C27H25F3N6O5S. The van der Waals surface area contributed by atoms with E-state index in [1.807, 2.05) is 39.6 Å². The van der Waals surface area contributed by atoms with Crippen molar-refractivity contribution in [3.05, 3.63) is 52.7 Å². The van der Waals surface area contributed by atoms with Crippen LogP contribution in [-0.4, -0.2) is 60.5 Å². The molecule has 5 aromatic rings. The lowest BCUT2D eigenvalue weighted by atomic mass is 10.0. The van der Waals surface area contributed by atoms with Gasteiger partial charge in [0.15, 0.2) is 11.4 Å². The van der Waals surface area contributed by atoms with Gasteiger partial charge in [0.05, 0.1) is 12.2 Å². The van der Waals surface area contributed by atoms with Gasteiger partial charge in [0, 0.05) is 89.3 Å². The topological polar surface area (TPSA) is 149 Å². The van der Waals surface area contributed by atoms with E-state index in [0.29, 0.717) is 17.2 Å². The first-order chi connectivity index (χ1) is 19.8. The molecule has 11 nitrogen and oxygen atoms in total. The molecule has 1 aliphatic rings. The molecule has 1 amide bonds. The number of halogens is 3. The first-order valence-electron chi connectivity index (χ1n) is 12.7. The van der Waals surface area contributed by atoms with Gasteiger partial charge in [-0.25, -0.2) is 9.78 Å². The van der Waals surface area contributed by atoms with Gasteiger partial charge in [0.1, 0.15) is 5.76 Å². The van der Waals surface area contributed by atoms with E-state index in [1.54, 1.807) is 30.8 Å². The maximum absolute atomic E-state index is 12.0. The summed E-state index contributed by atoms with van der Waals surface area (Å²) in [7, 11) is 1.74. The number of fused-ring (bicyclic) bond motifs is 2. The number of amides is 1. The Morgan fingerprint density at radius 1 is 1.12 bits per heavy atom. The van der Waals surface area contributed by atoms with Crippen molar-refractivity contribution in [2.24, 2.45) is 7.05 Å². The highest BCUT2D eigenvalue weighted by Gasteiger charge is 2.38. The predicted molar refractivity (Wildman–Crippen MR) is 150 cm³/mol. The lowest BCUT2D eigenvalue weighted by Gasteiger charge is -2.31. The third-order valence-corrected chi connectivity index (χ3v) is 8.02. The standard InChI is InChI=1S/C25H24N6O3S.C2HF3O2/c1-14(32)30-5-3-16(4-6-30)31-11-15(9-28-31)18-10-27-25(26)24-17(18)7-21(34-24)20-13-35-22-8-23(33)29(2)12-19(20)22;3-2(4,5)1(6)7/h7-13,16H,3-6H2,1-2H3,(H2,26,27);(H,6,7). The van der Waals surface area contributed by atoms with Crippen molar-refractivity contribution < 1.29 is 32.3 Å². The molecule has 1 fully saturated rings. The molecule has 6 heterocycles. The van der Waals surface area contributed by atoms with Gasteiger partial charge in [0.25, 0.3) is 5.56 Å². The zero-order chi connectivity index (χ0) is 30.3. The second-order valence-corrected chi connectivity index (χ2v) is 10.7. The second kappa shape index (κ2) is 11.0. The van der Waals surface area contributed by atoms with Crippen molar-refractivity contribution in [2.45, 2.75) is 32.0 Å². The molecule has 0 bridgehead atoms. The number of aryl methyl sites for hydroxylation is 1. The van der Waals surface area contributed by atoms with Crippen LogP contribution in [0.25, 0.3) is 43.5 Å². The summed E-state index contributed by atoms with van der Waals surface area (Å²) in [4.78, 5) is 38.8. The molecule has 5 aromatic heterocycles. The van der Waals surface area contributed by atoms with Gasteiger partial charge in [-0.15, -0.1) is 11.3 Å². The monoisotopic (exact) mass is 602 g/mol. The van der Waals surface area contributed by atoms with Gasteiger partial charge in [-0.3, -0.25) is 14.3 Å². The number of carboxylic acid groups (broad SMARTS) is 1. The molecule has 3 N–H and O–H groups in total. The van der Waals surface area contributed by atoms with Crippen molar-refractivity contribution in [3.63, 3.8) is 0 Å². The fourth-order valence-electron chi connectivity index (χ4n) is 4.82. The zero-order valence-electron chi connectivity index (χ0n) is 22.4. The number of carboxylic acids is 1. The van der Waals surface area contributed by atoms with Crippen molar-refractivity contribution in [1.82, 2.24) is 24.2 Å². The lowest BCUT2D eigenvalue weighted by Crippen LogP contribution is -2.37. The molecule has 0 atom stereocenters. The van der Waals surface area contributed by atoms with E-state index in [4.69, 9.17) is 20.1 Å². The van der Waals surface area contributed by atoms with Crippen molar-refractivity contribution in [3.8, 4) is 22.5 Å². The van der Waals surface area contributed by atoms with Crippen LogP contribution < -0.4 is 11.3 Å². The fraction of sp³-hybridized carbons (Fsp3) is 0.296. The van der Waals surface area contributed by atoms with E-state index in [-0.39, 0.29) is 17.5 Å². The number of aliphatic carboxylic acids is 1. The van der Waals surface area contributed by atoms with Crippen LogP contribution in [0.5, 0.6) is 0 Å². The van der Waals surface area contributed by atoms with Gasteiger partial charge in [-0.05, 0) is 18.9 Å². The average molecular weight is 603 g/mol. The third-order valence-electron chi connectivity index (χ3n) is 7.08. The first-order valence-corrected chi connectivity index (χ1v) is 13.6. The van der Waals surface area contributed by atoms with Gasteiger partial charge >= 0.3 is 12.1 Å². The number of pyridine rings is 2. The Kier molecular flexibility index (Phi) is 7.53. The third kappa shape index (κ3) is 5.59. The number of carbonyl (C=O) groups is 2. The highest BCUT2D eigenvalue weighted by molar-refractivity contribution is 7.17. The zero-order valence-corrected chi connectivity index (χ0v) is 23.2. The summed E-state index contributed by atoms with van der Waals surface area (Å²) in [5.41, 5.74) is 9.41. The molecule has 42 heavy (non-hydrogen) atoms. The van der Waals surface area contributed by atoms with Crippen LogP contribution in [0.1, 0.15) is 25.8 Å². The molecule has 6 rings (SSSR count). The van der Waals surface area contributed by atoms with E-state index in [9.17, 15) is 22.8 Å². The minimum absolute atomic E-state index is 0.0461. The molecule has 0 unspecified atom stereocenters. The van der Waals surface area contributed by atoms with E-state index in [0.717, 1.165) is 58.1 Å². The lowest BCUT2D eigenvalue weighted by molar-refractivity contribution is -0.192. The Morgan fingerprint density at radius 2 is 1.81 bits per heavy atom. The first kappa shape index (κ1) is 28.9. The summed E-state index contributed by atoms with van der Waals surface area (Å²) >= 11 is 1.51. The van der Waals surface area contributed by atoms with E-state index in [1.165, 1.54) is 11.3 Å². The number of nitrogen functional groups attached to an aromatic ring is 1. The second-order valence-electron chi connectivity index (χ2n) is 9.81. The minimum Gasteiger partial charge on any atom is -0.475 e. The molecule has 0 saturated carbocycles. The van der Waals surface area contributed by atoms with Gasteiger partial charge in [-0.1, -0.05) is 0 Å². The summed E-state index contributed by atoms with van der Waals surface area (Å²) < 4.78 is 42.4. The summed E-state index contributed by atoms with van der Waals surface area (Å²) in [6.07, 6.45) is 4.13. The maximum Gasteiger partial charge on any atom is 0.490 e. The Bertz CT molecular complexity index is 1860. The molecule has 0 aliphatic carbocycles. The molecule has 0 radical (unpaired) electrons. The number of nitrogens with two attached hydrogens (primary N) is 1. The Labute approximate surface area is 239 Å². The number of anilines is 1. The minimum atomic E-state index is -5.08. The van der Waals surface area contributed by atoms with Gasteiger partial charge in [-0.2, -0.15) is 18.3 Å². The predicted octanol–water partition coefficient (Wildman–Crippen LogP) is 4.67. The van der Waals surface area contributed by atoms with Crippen LogP contribution in [0.3, 0.4) is 0 Å². The number of aromatic nitrogens is 4. The van der Waals surface area contributed by atoms with E-state index >= 15 is 0 Å². The van der Waals surface area contributed by atoms with Gasteiger partial charge < -0.3 is 24.7 Å². The Morgan fingerprint density at radius 3 is 2.45 bits per heavy atom. The summed E-state index contributed by atoms with van der Waals surface area (Å²) in [6, 6.07) is 3.88. The quantitative estimate of drug-likeness (QED) is 0.303. The number of nitrogens with zero attached hydrogens (tertiary/aromatic N) is 5. The number of rotatable bonds is 3. The van der Waals surface area contributed by atoms with Crippen LogP contribution in [0.15, 0.2) is 51.5 Å². The molecule has 0 aromatic carbocycles. The number of likely N-dealkylation sites (tertiary alicyclic amines) is 1. The van der Waals surface area contributed by atoms with Crippen molar-refractivity contribution in [1.29, 1.82) is 0 Å². The number of thiophene rings is 1. The summed E-state index contributed by atoms with van der Waals surface area (Å²) in [5.74, 6) is -1.63. The number of hydrogen-bond acceptors (Lipinski definition) is 8. The maximum atomic E-state index is 12.0. The van der Waals surface area contributed by atoms with Crippen LogP contribution in [0.4, 0.5) is 19.0 Å². The number of furan rings is 1. The van der Waals surface area contributed by atoms with E-state index < -0.39 is 12.1 Å². The Hall–Kier alpha value is -4.66. The van der Waals surface area contributed by atoms with Crippen molar-refractivity contribution >= 4 is 50.1 Å². The normalized spacial score (nSPS) is 14.3. The molecule has 0 spiro atoms. The largest absolute Gasteiger partial charge is 0.490 e. The van der Waals surface area contributed by atoms with Crippen LogP contribution in [0, 0.1) is 0 Å². The highest BCUT2D eigenvalue weighted by atomic mass is 32.1. The number of piperidine rings is 1. The smallest absolute Gasteiger partial charge is 0.475 e. The molecule has 15 heteroatoms. The number of alkyl halides is 3. The Balaban J connectivity index is 0.000000451. The number of carbonyl (C=O) groups excluding carboxylic acids is 1. The summed E-state index contributed by atoms with van der Waals surface area (Å²) in [5, 5.41) is 15.6. The average Bonchev–Trinajstić information content (AvgIpc) is 3.68. The number of hydrogen-bond donors (Lipinski definition) is 2. The van der Waals surface area contributed by atoms with Gasteiger partial charge in [0.2, 0.25) is 5.91 Å². The molecular weight excluding hydrogens is 577 g/mol. The molecule has 1 saturated heterocycles. The van der Waals surface area contributed by atoms with Crippen LogP contribution >= 0.6 is 11.3 Å². The molecule has 220 valence electrons.